The Bertz CT molecular complexity index is 790. The Morgan fingerprint density at radius 3 is 3.05 bits per heavy atom. The second-order valence-electron chi connectivity index (χ2n) is 5.31. The van der Waals surface area contributed by atoms with Crippen molar-refractivity contribution in [3.05, 3.63) is 45.7 Å². The van der Waals surface area contributed by atoms with Gasteiger partial charge >= 0.3 is 0 Å². The van der Waals surface area contributed by atoms with Gasteiger partial charge in [-0.2, -0.15) is 0 Å². The molecular formula is C15H14BrN3O. The highest BCUT2D eigenvalue weighted by Gasteiger charge is 2.29. The Labute approximate surface area is 124 Å². The summed E-state index contributed by atoms with van der Waals surface area (Å²) in [6.45, 7) is 1.84. The molecule has 2 aromatic heterocycles. The maximum atomic E-state index is 5.65. The third kappa shape index (κ3) is 1.80. The second kappa shape index (κ2) is 4.45. The van der Waals surface area contributed by atoms with E-state index < -0.39 is 0 Å². The van der Waals surface area contributed by atoms with Crippen LogP contribution in [-0.2, 0) is 6.42 Å². The zero-order valence-corrected chi connectivity index (χ0v) is 12.7. The molecule has 1 N–H and O–H groups in total. The van der Waals surface area contributed by atoms with Crippen LogP contribution in [0.4, 0.5) is 0 Å². The van der Waals surface area contributed by atoms with Gasteiger partial charge in [-0.3, -0.25) is 0 Å². The van der Waals surface area contributed by atoms with Crippen molar-refractivity contribution < 1.29 is 4.42 Å². The Morgan fingerprint density at radius 1 is 1.35 bits per heavy atom. The number of rotatable bonds is 1. The maximum absolute atomic E-state index is 5.65. The first-order chi connectivity index (χ1) is 9.72. The van der Waals surface area contributed by atoms with E-state index in [-0.39, 0.29) is 5.92 Å². The third-order valence-corrected chi connectivity index (χ3v) is 4.50. The lowest BCUT2D eigenvalue weighted by Gasteiger charge is -2.19. The highest BCUT2D eigenvalue weighted by Crippen LogP contribution is 2.39. The van der Waals surface area contributed by atoms with Crippen LogP contribution in [0.15, 0.2) is 27.1 Å². The average molecular weight is 332 g/mol. The number of aromatic nitrogens is 3. The molecular weight excluding hydrogens is 318 g/mol. The van der Waals surface area contributed by atoms with Crippen molar-refractivity contribution in [1.29, 1.82) is 0 Å². The van der Waals surface area contributed by atoms with Gasteiger partial charge in [-0.05, 0) is 43.0 Å². The smallest absolute Gasteiger partial charge is 0.225 e. The van der Waals surface area contributed by atoms with E-state index in [0.717, 1.165) is 29.6 Å². The summed E-state index contributed by atoms with van der Waals surface area (Å²) in [5.74, 6) is 1.56. The SMILES string of the molecule is Cc1nnc(C2CCCc3c2[nH]c2ccc(Br)cc32)o1. The molecule has 1 aromatic carbocycles. The van der Waals surface area contributed by atoms with Crippen LogP contribution in [0, 0.1) is 6.92 Å². The zero-order valence-electron chi connectivity index (χ0n) is 11.1. The number of aryl methyl sites for hydroxylation is 2. The van der Waals surface area contributed by atoms with Crippen molar-refractivity contribution in [2.75, 3.05) is 0 Å². The number of aromatic amines is 1. The summed E-state index contributed by atoms with van der Waals surface area (Å²) in [7, 11) is 0. The molecule has 0 amide bonds. The molecule has 0 spiro atoms. The molecule has 0 saturated carbocycles. The van der Waals surface area contributed by atoms with E-state index in [1.165, 1.54) is 22.2 Å². The van der Waals surface area contributed by atoms with Gasteiger partial charge in [0.25, 0.3) is 0 Å². The lowest BCUT2D eigenvalue weighted by atomic mass is 9.87. The molecule has 1 unspecified atom stereocenters. The average Bonchev–Trinajstić information content (AvgIpc) is 3.02. The van der Waals surface area contributed by atoms with Crippen molar-refractivity contribution in [2.45, 2.75) is 32.1 Å². The van der Waals surface area contributed by atoms with E-state index in [1.807, 2.05) is 6.92 Å². The summed E-state index contributed by atoms with van der Waals surface area (Å²) < 4.78 is 6.76. The van der Waals surface area contributed by atoms with Gasteiger partial charge in [-0.1, -0.05) is 15.9 Å². The van der Waals surface area contributed by atoms with Gasteiger partial charge in [0, 0.05) is 28.0 Å². The molecule has 1 atom stereocenters. The molecule has 20 heavy (non-hydrogen) atoms. The van der Waals surface area contributed by atoms with Crippen LogP contribution in [0.3, 0.4) is 0 Å². The van der Waals surface area contributed by atoms with Crippen molar-refractivity contribution in [3.8, 4) is 0 Å². The number of benzene rings is 1. The van der Waals surface area contributed by atoms with Crippen LogP contribution < -0.4 is 0 Å². The Hall–Kier alpha value is -1.62. The number of hydrogen-bond donors (Lipinski definition) is 1. The van der Waals surface area contributed by atoms with Crippen molar-refractivity contribution in [2.24, 2.45) is 0 Å². The van der Waals surface area contributed by atoms with E-state index in [1.54, 1.807) is 0 Å². The van der Waals surface area contributed by atoms with Gasteiger partial charge < -0.3 is 9.40 Å². The minimum atomic E-state index is 0.200. The molecule has 4 rings (SSSR count). The fraction of sp³-hybridized carbons (Fsp3) is 0.333. The second-order valence-corrected chi connectivity index (χ2v) is 6.23. The predicted molar refractivity (Wildman–Crippen MR) is 79.8 cm³/mol. The topological polar surface area (TPSA) is 54.7 Å². The first-order valence-corrected chi connectivity index (χ1v) is 7.61. The van der Waals surface area contributed by atoms with E-state index in [9.17, 15) is 0 Å². The molecule has 3 aromatic rings. The van der Waals surface area contributed by atoms with Gasteiger partial charge in [-0.15, -0.1) is 10.2 Å². The highest BCUT2D eigenvalue weighted by molar-refractivity contribution is 9.10. The number of halogens is 1. The molecule has 0 bridgehead atoms. The normalized spacial score (nSPS) is 18.4. The lowest BCUT2D eigenvalue weighted by Crippen LogP contribution is -2.10. The number of fused-ring (bicyclic) bond motifs is 3. The monoisotopic (exact) mass is 331 g/mol. The minimum Gasteiger partial charge on any atom is -0.425 e. The summed E-state index contributed by atoms with van der Waals surface area (Å²) in [5.41, 5.74) is 3.82. The molecule has 4 nitrogen and oxygen atoms in total. The third-order valence-electron chi connectivity index (χ3n) is 4.01. The van der Waals surface area contributed by atoms with E-state index in [2.05, 4.69) is 49.3 Å². The Morgan fingerprint density at radius 2 is 2.25 bits per heavy atom. The summed E-state index contributed by atoms with van der Waals surface area (Å²) >= 11 is 3.55. The van der Waals surface area contributed by atoms with Crippen molar-refractivity contribution >= 4 is 26.8 Å². The summed E-state index contributed by atoms with van der Waals surface area (Å²) in [6.07, 6.45) is 3.32. The molecule has 5 heteroatoms. The predicted octanol–water partition coefficient (Wildman–Crippen LogP) is 4.09. The standard InChI is InChI=1S/C15H14BrN3O/c1-8-18-19-15(20-8)11-4-2-3-10-12-7-9(16)5-6-13(12)17-14(10)11/h5-7,11,17H,2-4H2,1H3. The van der Waals surface area contributed by atoms with Gasteiger partial charge in [0.2, 0.25) is 11.8 Å². The van der Waals surface area contributed by atoms with Crippen LogP contribution in [0.5, 0.6) is 0 Å². The largest absolute Gasteiger partial charge is 0.425 e. The van der Waals surface area contributed by atoms with Gasteiger partial charge in [0.05, 0.1) is 5.92 Å². The van der Waals surface area contributed by atoms with Crippen molar-refractivity contribution in [1.82, 2.24) is 15.2 Å². The van der Waals surface area contributed by atoms with Gasteiger partial charge in [-0.25, -0.2) is 0 Å². The molecule has 0 radical (unpaired) electrons. The van der Waals surface area contributed by atoms with Crippen molar-refractivity contribution in [3.63, 3.8) is 0 Å². The Balaban J connectivity index is 1.90. The quantitative estimate of drug-likeness (QED) is 0.730. The molecule has 0 aliphatic heterocycles. The summed E-state index contributed by atoms with van der Waals surface area (Å²) in [4.78, 5) is 3.55. The fourth-order valence-corrected chi connectivity index (χ4v) is 3.50. The molecule has 2 heterocycles. The van der Waals surface area contributed by atoms with E-state index in [4.69, 9.17) is 4.42 Å². The van der Waals surface area contributed by atoms with Crippen LogP contribution in [0.1, 0.15) is 41.8 Å². The van der Waals surface area contributed by atoms with Gasteiger partial charge in [0.1, 0.15) is 0 Å². The lowest BCUT2D eigenvalue weighted by molar-refractivity contribution is 0.423. The molecule has 1 aliphatic rings. The van der Waals surface area contributed by atoms with Gasteiger partial charge in [0.15, 0.2) is 0 Å². The number of nitrogens with one attached hydrogen (secondary N) is 1. The first kappa shape index (κ1) is 12.1. The number of nitrogens with zero attached hydrogens (tertiary/aromatic N) is 2. The molecule has 1 aliphatic carbocycles. The molecule has 102 valence electrons. The highest BCUT2D eigenvalue weighted by atomic mass is 79.9. The fourth-order valence-electron chi connectivity index (χ4n) is 3.13. The first-order valence-electron chi connectivity index (χ1n) is 6.82. The zero-order chi connectivity index (χ0) is 13.7. The summed E-state index contributed by atoms with van der Waals surface area (Å²) in [6, 6.07) is 6.37. The maximum Gasteiger partial charge on any atom is 0.225 e. The van der Waals surface area contributed by atoms with Crippen LogP contribution >= 0.6 is 15.9 Å². The number of H-pyrrole nitrogens is 1. The Kier molecular flexibility index (Phi) is 2.70. The molecule has 0 fully saturated rings. The van der Waals surface area contributed by atoms with E-state index >= 15 is 0 Å². The van der Waals surface area contributed by atoms with E-state index in [0.29, 0.717) is 5.89 Å². The van der Waals surface area contributed by atoms with Crippen LogP contribution in [-0.4, -0.2) is 15.2 Å². The summed E-state index contributed by atoms with van der Waals surface area (Å²) in [5, 5.41) is 9.48. The molecule has 0 saturated heterocycles. The minimum absolute atomic E-state index is 0.200. The van der Waals surface area contributed by atoms with Crippen LogP contribution in [0.25, 0.3) is 10.9 Å². The van der Waals surface area contributed by atoms with Crippen LogP contribution in [0.2, 0.25) is 0 Å². The number of hydrogen-bond acceptors (Lipinski definition) is 3.